The molecule has 0 saturated carbocycles. The van der Waals surface area contributed by atoms with Gasteiger partial charge in [-0.2, -0.15) is 0 Å². The molecule has 0 aliphatic carbocycles. The van der Waals surface area contributed by atoms with Gasteiger partial charge in [0.05, 0.1) is 27.4 Å². The number of rotatable bonds is 11. The van der Waals surface area contributed by atoms with E-state index < -0.39 is 6.10 Å². The summed E-state index contributed by atoms with van der Waals surface area (Å²) in [6, 6.07) is 11.4. The molecule has 0 saturated heterocycles. The van der Waals surface area contributed by atoms with Crippen LogP contribution in [0.4, 0.5) is 0 Å². The molecular weight excluding hydrogens is 342 g/mol. The molecule has 2 aromatic rings. The molecule has 0 amide bonds. The molecule has 0 spiro atoms. The topological polar surface area (TPSA) is 60.0 Å². The first kappa shape index (κ1) is 20.8. The van der Waals surface area contributed by atoms with Crippen LogP contribution in [0.1, 0.15) is 22.8 Å². The zero-order chi connectivity index (χ0) is 19.6. The highest BCUT2D eigenvalue weighted by Crippen LogP contribution is 2.34. The fraction of sp³-hybridized carbons (Fsp3) is 0.364. The first-order chi connectivity index (χ1) is 13.1. The van der Waals surface area contributed by atoms with Crippen molar-refractivity contribution in [2.24, 2.45) is 0 Å². The highest BCUT2D eigenvalue weighted by molar-refractivity contribution is 5.51. The molecule has 1 atom stereocenters. The zero-order valence-corrected chi connectivity index (χ0v) is 16.3. The number of ether oxygens (including phenoxy) is 3. The van der Waals surface area contributed by atoms with Crippen LogP contribution in [0.15, 0.2) is 49.1 Å². The van der Waals surface area contributed by atoms with Crippen molar-refractivity contribution in [1.29, 1.82) is 0 Å². The van der Waals surface area contributed by atoms with Gasteiger partial charge in [-0.05, 0) is 48.7 Å². The van der Waals surface area contributed by atoms with Crippen molar-refractivity contribution < 1.29 is 19.3 Å². The van der Waals surface area contributed by atoms with E-state index in [0.717, 1.165) is 41.3 Å². The molecule has 2 N–H and O–H groups in total. The molecule has 5 heteroatoms. The third-order valence-corrected chi connectivity index (χ3v) is 4.50. The van der Waals surface area contributed by atoms with Gasteiger partial charge in [-0.25, -0.2) is 0 Å². The number of aliphatic hydroxyl groups is 1. The second kappa shape index (κ2) is 10.6. The fourth-order valence-electron chi connectivity index (χ4n) is 3.04. The van der Waals surface area contributed by atoms with Gasteiger partial charge in [0.1, 0.15) is 5.75 Å². The van der Waals surface area contributed by atoms with Crippen molar-refractivity contribution in [2.75, 3.05) is 34.4 Å². The first-order valence-corrected chi connectivity index (χ1v) is 9.01. The predicted octanol–water partition coefficient (Wildman–Crippen LogP) is 3.31. The average Bonchev–Trinajstić information content (AvgIpc) is 2.71. The lowest BCUT2D eigenvalue weighted by Gasteiger charge is -2.17. The molecule has 0 aliphatic heterocycles. The van der Waals surface area contributed by atoms with E-state index in [0.29, 0.717) is 13.0 Å². The number of allylic oxidation sites excluding steroid dienone is 1. The van der Waals surface area contributed by atoms with Crippen molar-refractivity contribution in [3.05, 3.63) is 65.7 Å². The van der Waals surface area contributed by atoms with Crippen LogP contribution in [0.25, 0.3) is 0 Å². The molecular formula is C22H29NO4. The minimum Gasteiger partial charge on any atom is -0.497 e. The minimum atomic E-state index is -0.561. The predicted molar refractivity (Wildman–Crippen MR) is 108 cm³/mol. The summed E-state index contributed by atoms with van der Waals surface area (Å²) in [5, 5.41) is 13.6. The maximum atomic E-state index is 10.3. The van der Waals surface area contributed by atoms with E-state index in [1.165, 1.54) is 5.56 Å². The van der Waals surface area contributed by atoms with Gasteiger partial charge < -0.3 is 24.6 Å². The van der Waals surface area contributed by atoms with Crippen molar-refractivity contribution in [3.63, 3.8) is 0 Å². The molecule has 0 aromatic heterocycles. The molecule has 0 radical (unpaired) electrons. The Hall–Kier alpha value is -2.50. The van der Waals surface area contributed by atoms with Gasteiger partial charge in [0.25, 0.3) is 0 Å². The normalized spacial score (nSPS) is 11.7. The number of hydrogen-bond acceptors (Lipinski definition) is 5. The van der Waals surface area contributed by atoms with Crippen LogP contribution in [-0.2, 0) is 12.8 Å². The average molecular weight is 371 g/mol. The lowest BCUT2D eigenvalue weighted by molar-refractivity contribution is 0.175. The number of aliphatic hydroxyl groups excluding tert-OH is 1. The summed E-state index contributed by atoms with van der Waals surface area (Å²) in [4.78, 5) is 0. The van der Waals surface area contributed by atoms with Gasteiger partial charge in [0, 0.05) is 12.1 Å². The Morgan fingerprint density at radius 3 is 2.37 bits per heavy atom. The van der Waals surface area contributed by atoms with Gasteiger partial charge in [-0.3, -0.25) is 0 Å². The monoisotopic (exact) mass is 371 g/mol. The van der Waals surface area contributed by atoms with E-state index in [2.05, 4.69) is 18.0 Å². The lowest BCUT2D eigenvalue weighted by atomic mass is 9.99. The van der Waals surface area contributed by atoms with E-state index >= 15 is 0 Å². The SMILES string of the molecule is C=CCc1c(CCNCC(O)c2ccc(OC)cc2)ccc(OC)c1OC. The summed E-state index contributed by atoms with van der Waals surface area (Å²) >= 11 is 0. The first-order valence-electron chi connectivity index (χ1n) is 9.01. The van der Waals surface area contributed by atoms with Crippen LogP contribution in [0, 0.1) is 0 Å². The number of nitrogens with one attached hydrogen (secondary N) is 1. The van der Waals surface area contributed by atoms with Gasteiger partial charge in [0.15, 0.2) is 11.5 Å². The summed E-state index contributed by atoms with van der Waals surface area (Å²) in [5.74, 6) is 2.26. The third kappa shape index (κ3) is 5.49. The molecule has 0 fully saturated rings. The molecule has 2 aromatic carbocycles. The van der Waals surface area contributed by atoms with E-state index in [4.69, 9.17) is 14.2 Å². The largest absolute Gasteiger partial charge is 0.497 e. The van der Waals surface area contributed by atoms with Gasteiger partial charge in [0.2, 0.25) is 0 Å². The van der Waals surface area contributed by atoms with E-state index in [9.17, 15) is 5.11 Å². The lowest BCUT2D eigenvalue weighted by Crippen LogP contribution is -2.24. The molecule has 146 valence electrons. The quantitative estimate of drug-likeness (QED) is 0.469. The maximum Gasteiger partial charge on any atom is 0.164 e. The highest BCUT2D eigenvalue weighted by Gasteiger charge is 2.14. The summed E-state index contributed by atoms with van der Waals surface area (Å²) in [7, 11) is 4.91. The highest BCUT2D eigenvalue weighted by atomic mass is 16.5. The minimum absolute atomic E-state index is 0.483. The van der Waals surface area contributed by atoms with Crippen molar-refractivity contribution in [1.82, 2.24) is 5.32 Å². The Balaban J connectivity index is 1.95. The number of benzene rings is 2. The Morgan fingerprint density at radius 1 is 1.04 bits per heavy atom. The number of methoxy groups -OCH3 is 3. The molecule has 0 bridgehead atoms. The van der Waals surface area contributed by atoms with Gasteiger partial charge >= 0.3 is 0 Å². The molecule has 1 unspecified atom stereocenters. The fourth-order valence-corrected chi connectivity index (χ4v) is 3.04. The summed E-state index contributed by atoms with van der Waals surface area (Å²) in [6.45, 7) is 5.06. The summed E-state index contributed by atoms with van der Waals surface area (Å²) in [6.07, 6.45) is 2.83. The van der Waals surface area contributed by atoms with Crippen LogP contribution < -0.4 is 19.5 Å². The van der Waals surface area contributed by atoms with Crippen molar-refractivity contribution >= 4 is 0 Å². The van der Waals surface area contributed by atoms with E-state index in [-0.39, 0.29) is 0 Å². The van der Waals surface area contributed by atoms with Crippen LogP contribution in [-0.4, -0.2) is 39.5 Å². The van der Waals surface area contributed by atoms with E-state index in [1.54, 1.807) is 21.3 Å². The van der Waals surface area contributed by atoms with Crippen LogP contribution >= 0.6 is 0 Å². The molecule has 2 rings (SSSR count). The Labute approximate surface area is 161 Å². The Kier molecular flexibility index (Phi) is 8.17. The van der Waals surface area contributed by atoms with Crippen LogP contribution in [0.3, 0.4) is 0 Å². The maximum absolute atomic E-state index is 10.3. The van der Waals surface area contributed by atoms with Crippen molar-refractivity contribution in [3.8, 4) is 17.2 Å². The summed E-state index contributed by atoms with van der Waals surface area (Å²) < 4.78 is 16.1. The summed E-state index contributed by atoms with van der Waals surface area (Å²) in [5.41, 5.74) is 3.13. The second-order valence-electron chi connectivity index (χ2n) is 6.17. The third-order valence-electron chi connectivity index (χ3n) is 4.50. The smallest absolute Gasteiger partial charge is 0.164 e. The Bertz CT molecular complexity index is 728. The van der Waals surface area contributed by atoms with Crippen LogP contribution in [0.2, 0.25) is 0 Å². The van der Waals surface area contributed by atoms with Gasteiger partial charge in [-0.15, -0.1) is 6.58 Å². The molecule has 0 aliphatic rings. The molecule has 5 nitrogen and oxygen atoms in total. The number of hydrogen-bond donors (Lipinski definition) is 2. The second-order valence-corrected chi connectivity index (χ2v) is 6.17. The van der Waals surface area contributed by atoms with E-state index in [1.807, 2.05) is 36.4 Å². The van der Waals surface area contributed by atoms with Gasteiger partial charge in [-0.1, -0.05) is 24.3 Å². The standard InChI is InChI=1S/C22H29NO4/c1-5-6-19-16(9-12-21(26-3)22(19)27-4)13-14-23-15-20(24)17-7-10-18(25-2)11-8-17/h5,7-12,20,23-24H,1,6,13-15H2,2-4H3. The van der Waals surface area contributed by atoms with Crippen molar-refractivity contribution in [2.45, 2.75) is 18.9 Å². The Morgan fingerprint density at radius 2 is 1.78 bits per heavy atom. The van der Waals surface area contributed by atoms with Crippen LogP contribution in [0.5, 0.6) is 17.2 Å². The zero-order valence-electron chi connectivity index (χ0n) is 16.3. The molecule has 27 heavy (non-hydrogen) atoms. The molecule has 0 heterocycles.